The van der Waals surface area contributed by atoms with Crippen molar-refractivity contribution in [2.24, 2.45) is 0 Å². The molecule has 0 N–H and O–H groups in total. The minimum atomic E-state index is -2.08. The van der Waals surface area contributed by atoms with Crippen LogP contribution in [0.2, 0.25) is 17.3 Å². The first-order chi connectivity index (χ1) is 27.0. The van der Waals surface area contributed by atoms with Gasteiger partial charge in [-0.15, -0.1) is 23.8 Å². The predicted molar refractivity (Wildman–Crippen MR) is 213 cm³/mol. The summed E-state index contributed by atoms with van der Waals surface area (Å²) in [6, 6.07) is 36.0. The molecule has 0 aliphatic rings. The Labute approximate surface area is 327 Å². The Morgan fingerprint density at radius 3 is 2.26 bits per heavy atom. The van der Waals surface area contributed by atoms with Crippen molar-refractivity contribution in [1.82, 2.24) is 9.97 Å². The van der Waals surface area contributed by atoms with Crippen LogP contribution in [0.1, 0.15) is 22.1 Å². The Bertz CT molecular complexity index is 2750. The first kappa shape index (κ1) is 26.6. The monoisotopic (exact) mass is 913 g/mol. The molecule has 0 saturated heterocycles. The fourth-order valence-electron chi connectivity index (χ4n) is 5.93. The minimum Gasteiger partial charge on any atom is -0.305 e. The molecule has 50 heavy (non-hydrogen) atoms. The van der Waals surface area contributed by atoms with Gasteiger partial charge >= 0.3 is 117 Å². The Hall–Kier alpha value is -4.19. The number of hydrogen-bond donors (Lipinski definition) is 0. The van der Waals surface area contributed by atoms with Gasteiger partial charge in [-0.3, -0.25) is 0 Å². The molecule has 8 aromatic rings. The van der Waals surface area contributed by atoms with E-state index in [1.807, 2.05) is 30.5 Å². The van der Waals surface area contributed by atoms with Crippen molar-refractivity contribution in [3.8, 4) is 44.8 Å². The van der Waals surface area contributed by atoms with E-state index in [0.29, 0.717) is 16.8 Å². The summed E-state index contributed by atoms with van der Waals surface area (Å²) in [4.78, 5) is 9.11. The van der Waals surface area contributed by atoms with Gasteiger partial charge in [0.05, 0.1) is 6.85 Å². The molecular weight excluding hydrogens is 865 g/mol. The van der Waals surface area contributed by atoms with Crippen molar-refractivity contribution in [1.29, 1.82) is 0 Å². The van der Waals surface area contributed by atoms with Crippen LogP contribution in [0.25, 0.3) is 64.9 Å². The van der Waals surface area contributed by atoms with Crippen LogP contribution < -0.4 is 4.40 Å². The van der Waals surface area contributed by atoms with Gasteiger partial charge in [0.1, 0.15) is 0 Å². The smallest absolute Gasteiger partial charge is 0.0629 e. The summed E-state index contributed by atoms with van der Waals surface area (Å²) in [5.74, 6) is 7.04. The number of pyridine rings is 2. The Kier molecular flexibility index (Phi) is 8.18. The van der Waals surface area contributed by atoms with E-state index in [2.05, 4.69) is 88.8 Å². The molecule has 0 aliphatic carbocycles. The molecule has 0 atom stereocenters. The van der Waals surface area contributed by atoms with Crippen molar-refractivity contribution < 1.29 is 31.1 Å². The minimum absolute atomic E-state index is 0. The van der Waals surface area contributed by atoms with Crippen LogP contribution >= 0.6 is 11.3 Å². The largest absolute Gasteiger partial charge is 0.305 e. The van der Waals surface area contributed by atoms with Gasteiger partial charge in [-0.2, -0.15) is 11.3 Å². The van der Waals surface area contributed by atoms with E-state index in [4.69, 9.17) is 11.0 Å². The number of hydrogen-bond acceptors (Lipinski definition) is 3. The molecule has 0 amide bonds. The molecule has 0 saturated carbocycles. The summed E-state index contributed by atoms with van der Waals surface area (Å²) in [6.45, 7) is 0.0375. The third-order valence-corrected chi connectivity index (χ3v) is 14.0. The maximum absolute atomic E-state index is 8.34. The zero-order valence-corrected chi connectivity index (χ0v) is 33.3. The third-order valence-electron chi connectivity index (χ3n) is 8.35. The van der Waals surface area contributed by atoms with Gasteiger partial charge < -0.3 is 4.98 Å². The van der Waals surface area contributed by atoms with E-state index in [-0.39, 0.29) is 49.8 Å². The molecule has 5 heteroatoms. The van der Waals surface area contributed by atoms with Crippen LogP contribution in [0.3, 0.4) is 0 Å². The van der Waals surface area contributed by atoms with Crippen LogP contribution in [0, 0.1) is 25.9 Å². The molecule has 8 rings (SSSR count). The topological polar surface area (TPSA) is 25.8 Å². The van der Waals surface area contributed by atoms with Crippen LogP contribution in [0.4, 0.5) is 0 Å². The molecule has 3 heterocycles. The van der Waals surface area contributed by atoms with E-state index in [9.17, 15) is 0 Å². The van der Waals surface area contributed by atoms with E-state index in [1.54, 1.807) is 41.8 Å². The van der Waals surface area contributed by atoms with Crippen molar-refractivity contribution in [3.05, 3.63) is 163 Å². The average Bonchev–Trinajstić information content (AvgIpc) is 3.57. The molecule has 5 aromatic carbocycles. The third kappa shape index (κ3) is 7.75. The first-order valence-corrected chi connectivity index (χ1v) is 24.1. The number of rotatable bonds is 5. The molecule has 2 nitrogen and oxygen atoms in total. The number of nitrogens with zero attached hydrogens (tertiary/aromatic N) is 2. The second kappa shape index (κ2) is 15.4. The predicted octanol–water partition coefficient (Wildman–Crippen LogP) is 12.0. The molecule has 0 unspecified atom stereocenters. The van der Waals surface area contributed by atoms with Crippen LogP contribution in [0.15, 0.2) is 140 Å². The molecule has 249 valence electrons. The molecule has 1 radical (unpaired) electrons. The molecule has 3 aromatic heterocycles. The van der Waals surface area contributed by atoms with Gasteiger partial charge in [-0.25, -0.2) is 0 Å². The number of aryl methyl sites for hydroxylation is 2. The maximum Gasteiger partial charge on any atom is 0.0629 e. The summed E-state index contributed by atoms with van der Waals surface area (Å²) >= 11 is -0.211. The maximum atomic E-state index is 8.34. The van der Waals surface area contributed by atoms with Crippen LogP contribution in [-0.4, -0.2) is 23.2 Å². The van der Waals surface area contributed by atoms with Crippen molar-refractivity contribution in [2.45, 2.75) is 31.0 Å². The zero-order valence-electron chi connectivity index (χ0n) is 36.0. The summed E-state index contributed by atoms with van der Waals surface area (Å²) < 4.78 is 66.4. The van der Waals surface area contributed by atoms with Gasteiger partial charge in [-0.05, 0) is 50.2 Å². The standard InChI is InChI=1S/C29H18NS.C16H20GeN.Ir/c1-3-8-20(9-4-1)22-14-15-24-25-12-7-13-26(29(25)31-28(24)19-22)27-18-23(16-17-30-27)21-10-5-2-6-11-21;1-12-6-8-14(9-7-12)16-10-13(2)15(11-18-16)17(3,4)5;/h1-12,14-19H;6-8,10-11H,1-5H3;/q2*-1;/i2D,5D,6D,10D,11D;1D3;. The fraction of sp³-hybridized carbons (Fsp3) is 0.111. The van der Waals surface area contributed by atoms with E-state index in [0.717, 1.165) is 48.1 Å². The molecule has 0 aliphatic heterocycles. The van der Waals surface area contributed by atoms with Gasteiger partial charge in [0.25, 0.3) is 0 Å². The van der Waals surface area contributed by atoms with E-state index in [1.165, 1.54) is 16.0 Å². The quantitative estimate of drug-likeness (QED) is 0.127. The van der Waals surface area contributed by atoms with Gasteiger partial charge in [0.2, 0.25) is 0 Å². The Morgan fingerprint density at radius 1 is 0.740 bits per heavy atom. The number of benzene rings is 5. The molecule has 0 fully saturated rings. The molecule has 0 bridgehead atoms. The van der Waals surface area contributed by atoms with Gasteiger partial charge in [-0.1, -0.05) is 84.1 Å². The Balaban J connectivity index is 0.000000221. The van der Waals surface area contributed by atoms with E-state index >= 15 is 0 Å². The summed E-state index contributed by atoms with van der Waals surface area (Å²) in [7, 11) is 0. The second-order valence-corrected chi connectivity index (χ2v) is 24.5. The normalized spacial score (nSPS) is 13.7. The zero-order chi connectivity index (χ0) is 40.8. The average molecular weight is 912 g/mol. The SMILES string of the molecule is [2H]C([2H])([2H])c1c[c-]c(-c2cc(C)[c]([Ge]([CH3])([CH3])[CH3])cn2)cc1.[2H]c1c([2H])c([2H])c(-c2ccnc(-c3[c-]ccc4c3sc3cc(-c5ccccc5)ccc34)c2)c([2H])c1[2H].[Ir]. The van der Waals surface area contributed by atoms with Crippen molar-refractivity contribution in [3.63, 3.8) is 0 Å². The number of fused-ring (bicyclic) bond motifs is 3. The molecular formula is C45H38GeIrN2S-2. The Morgan fingerprint density at radius 2 is 1.54 bits per heavy atom. The molecule has 0 spiro atoms. The number of thiophene rings is 1. The summed E-state index contributed by atoms with van der Waals surface area (Å²) in [5, 5.41) is 2.27. The van der Waals surface area contributed by atoms with Crippen LogP contribution in [-0.2, 0) is 20.1 Å². The van der Waals surface area contributed by atoms with Crippen molar-refractivity contribution in [2.75, 3.05) is 0 Å². The summed E-state index contributed by atoms with van der Waals surface area (Å²) in [6.07, 6.45) is 3.59. The first-order valence-electron chi connectivity index (χ1n) is 20.0. The fourth-order valence-corrected chi connectivity index (χ4v) is 10.8. The summed E-state index contributed by atoms with van der Waals surface area (Å²) in [5.41, 5.74) is 7.72. The number of aromatic nitrogens is 2. The van der Waals surface area contributed by atoms with Gasteiger partial charge in [0.15, 0.2) is 0 Å². The van der Waals surface area contributed by atoms with Gasteiger partial charge in [0, 0.05) is 31.0 Å². The van der Waals surface area contributed by atoms with Crippen molar-refractivity contribution >= 4 is 49.2 Å². The second-order valence-electron chi connectivity index (χ2n) is 12.8. The van der Waals surface area contributed by atoms with E-state index < -0.39 is 26.2 Å². The van der Waals surface area contributed by atoms with Crippen LogP contribution in [0.5, 0.6) is 0 Å².